The number of carboxylic acid groups (broad SMARTS) is 1. The number of nitrogens with one attached hydrogen (secondary N) is 2. The molecule has 5 N–H and O–H groups in total. The topological polar surface area (TPSA) is 99.7 Å². The van der Waals surface area contributed by atoms with Crippen LogP contribution in [0.15, 0.2) is 5.10 Å². The fraction of sp³-hybridized carbons (Fsp3) is 0.333. The molecule has 0 fully saturated rings. The summed E-state index contributed by atoms with van der Waals surface area (Å²) in [6.07, 6.45) is 1.14. The normalized spacial score (nSPS) is 8.80. The third kappa shape index (κ3) is 10.1. The minimum atomic E-state index is -0.951. The molecule has 0 aliphatic rings. The Morgan fingerprint density at radius 1 is 1.80 bits per heavy atom. The first kappa shape index (κ1) is 11.7. The summed E-state index contributed by atoms with van der Waals surface area (Å²) in [7, 11) is 0. The largest absolute Gasteiger partial charge is 0.480 e. The van der Waals surface area contributed by atoms with Crippen LogP contribution in [0.5, 0.6) is 0 Å². The maximum absolute atomic E-state index is 9.78. The van der Waals surface area contributed by atoms with E-state index >= 15 is 0 Å². The third-order valence-electron chi connectivity index (χ3n) is 0.481. The Morgan fingerprint density at radius 2 is 2.40 bits per heavy atom. The number of carbonyl (C=O) groups is 1. The minimum Gasteiger partial charge on any atom is -0.480 e. The van der Waals surface area contributed by atoms with Crippen LogP contribution in [0.2, 0.25) is 0 Å². The van der Waals surface area contributed by atoms with Crippen molar-refractivity contribution >= 4 is 24.7 Å². The summed E-state index contributed by atoms with van der Waals surface area (Å²) >= 11 is 0. The number of hydrazine groups is 1. The molecule has 0 spiro atoms. The number of hydrogen-bond donors (Lipinski definition) is 4. The van der Waals surface area contributed by atoms with Crippen molar-refractivity contribution in [2.45, 2.75) is 0 Å². The van der Waals surface area contributed by atoms with Crippen LogP contribution < -0.4 is 16.7 Å². The van der Waals surface area contributed by atoms with E-state index in [1.807, 2.05) is 0 Å². The first-order chi connectivity index (χ1) is 4.27. The van der Waals surface area contributed by atoms with Gasteiger partial charge in [0.15, 0.2) is 0 Å². The number of aliphatic carboxylic acids is 1. The van der Waals surface area contributed by atoms with Crippen LogP contribution in [0.25, 0.3) is 0 Å². The first-order valence-corrected chi connectivity index (χ1v) is 2.19. The number of carboxylic acids is 1. The second kappa shape index (κ2) is 7.99. The molecule has 0 atom stereocenters. The Morgan fingerprint density at radius 3 is 2.80 bits per heavy atom. The minimum absolute atomic E-state index is 0. The van der Waals surface area contributed by atoms with Gasteiger partial charge in [-0.2, -0.15) is 5.10 Å². The lowest BCUT2D eigenvalue weighted by molar-refractivity contribution is -0.136. The number of hydrazone groups is 1. The Kier molecular flexibility index (Phi) is 9.39. The van der Waals surface area contributed by atoms with Crippen molar-refractivity contribution in [3.8, 4) is 0 Å². The lowest BCUT2D eigenvalue weighted by Gasteiger charge is -1.95. The van der Waals surface area contributed by atoms with Crippen molar-refractivity contribution in [3.05, 3.63) is 0 Å². The summed E-state index contributed by atoms with van der Waals surface area (Å²) in [5, 5.41) is 11.1. The zero-order valence-electron chi connectivity index (χ0n) is 5.07. The molecule has 0 saturated heterocycles. The van der Waals surface area contributed by atoms with Gasteiger partial charge in [0, 0.05) is 0 Å². The number of halogens is 1. The SMILES string of the molecule is Cl.NN=CNNCC(=O)O. The van der Waals surface area contributed by atoms with Crippen LogP contribution in [0, 0.1) is 0 Å². The number of hydrogen-bond acceptors (Lipinski definition) is 4. The van der Waals surface area contributed by atoms with E-state index in [1.165, 1.54) is 0 Å². The van der Waals surface area contributed by atoms with Crippen LogP contribution in [0.3, 0.4) is 0 Å². The van der Waals surface area contributed by atoms with Crippen LogP contribution in [-0.2, 0) is 4.79 Å². The van der Waals surface area contributed by atoms with Crippen molar-refractivity contribution in [1.29, 1.82) is 0 Å². The molecule has 60 valence electrons. The van der Waals surface area contributed by atoms with E-state index in [4.69, 9.17) is 5.11 Å². The fourth-order valence-corrected chi connectivity index (χ4v) is 0.210. The van der Waals surface area contributed by atoms with E-state index in [0.717, 1.165) is 6.34 Å². The molecular weight excluding hydrogens is 160 g/mol. The summed E-state index contributed by atoms with van der Waals surface area (Å²) in [5.41, 5.74) is 4.63. The quantitative estimate of drug-likeness (QED) is 0.134. The van der Waals surface area contributed by atoms with Gasteiger partial charge >= 0.3 is 5.97 Å². The van der Waals surface area contributed by atoms with Crippen LogP contribution in [0.1, 0.15) is 0 Å². The molecule has 10 heavy (non-hydrogen) atoms. The van der Waals surface area contributed by atoms with Gasteiger partial charge in [0.1, 0.15) is 12.9 Å². The maximum atomic E-state index is 9.78. The summed E-state index contributed by atoms with van der Waals surface area (Å²) in [6.45, 7) is -0.175. The average Bonchev–Trinajstić information content (AvgIpc) is 1.80. The molecule has 0 aromatic carbocycles. The Labute approximate surface area is 63.9 Å². The van der Waals surface area contributed by atoms with E-state index < -0.39 is 5.97 Å². The van der Waals surface area contributed by atoms with Gasteiger partial charge in [0.2, 0.25) is 0 Å². The first-order valence-electron chi connectivity index (χ1n) is 2.19. The molecule has 0 saturated carbocycles. The molecule has 0 rings (SSSR count). The van der Waals surface area contributed by atoms with Gasteiger partial charge in [0.05, 0.1) is 0 Å². The predicted molar refractivity (Wildman–Crippen MR) is 38.7 cm³/mol. The van der Waals surface area contributed by atoms with Gasteiger partial charge in [-0.25, -0.2) is 5.43 Å². The number of nitrogens with two attached hydrogens (primary N) is 1. The molecule has 0 radical (unpaired) electrons. The third-order valence-corrected chi connectivity index (χ3v) is 0.481. The maximum Gasteiger partial charge on any atom is 0.319 e. The molecule has 7 heteroatoms. The highest BCUT2D eigenvalue weighted by Gasteiger charge is 1.89. The highest BCUT2D eigenvalue weighted by atomic mass is 35.5. The van der Waals surface area contributed by atoms with Gasteiger partial charge in [0.25, 0.3) is 0 Å². The van der Waals surface area contributed by atoms with E-state index in [-0.39, 0.29) is 19.0 Å². The summed E-state index contributed by atoms with van der Waals surface area (Å²) in [4.78, 5) is 9.78. The van der Waals surface area contributed by atoms with E-state index in [0.29, 0.717) is 0 Å². The smallest absolute Gasteiger partial charge is 0.319 e. The Balaban J connectivity index is 0. The molecule has 0 heterocycles. The van der Waals surface area contributed by atoms with Gasteiger partial charge in [-0.3, -0.25) is 4.79 Å². The zero-order chi connectivity index (χ0) is 7.11. The van der Waals surface area contributed by atoms with E-state index in [9.17, 15) is 4.79 Å². The number of nitrogens with zero attached hydrogens (tertiary/aromatic N) is 1. The van der Waals surface area contributed by atoms with Gasteiger partial charge in [-0.05, 0) is 0 Å². The second-order valence-electron chi connectivity index (χ2n) is 1.17. The molecule has 0 aliphatic heterocycles. The average molecular weight is 169 g/mol. The van der Waals surface area contributed by atoms with Gasteiger partial charge < -0.3 is 16.4 Å². The molecule has 0 amide bonds. The monoisotopic (exact) mass is 168 g/mol. The Bertz CT molecular complexity index is 117. The Hall–Kier alpha value is -1.01. The molecule has 0 bridgehead atoms. The fourth-order valence-electron chi connectivity index (χ4n) is 0.210. The summed E-state index contributed by atoms with van der Waals surface area (Å²) in [6, 6.07) is 0. The van der Waals surface area contributed by atoms with Crippen LogP contribution >= 0.6 is 12.4 Å². The molecule has 0 aromatic heterocycles. The van der Waals surface area contributed by atoms with Crippen LogP contribution in [-0.4, -0.2) is 24.0 Å². The molecule has 0 aromatic rings. The summed E-state index contributed by atoms with van der Waals surface area (Å²) < 4.78 is 0. The zero-order valence-corrected chi connectivity index (χ0v) is 5.89. The lowest BCUT2D eigenvalue weighted by Crippen LogP contribution is -2.35. The summed E-state index contributed by atoms with van der Waals surface area (Å²) in [5.74, 6) is 3.71. The molecular formula is C3H9ClN4O2. The van der Waals surface area contributed by atoms with E-state index in [1.54, 1.807) is 0 Å². The van der Waals surface area contributed by atoms with Crippen molar-refractivity contribution in [1.82, 2.24) is 10.9 Å². The predicted octanol–water partition coefficient (Wildman–Crippen LogP) is -1.51. The molecule has 6 nitrogen and oxygen atoms in total. The number of rotatable bonds is 4. The van der Waals surface area contributed by atoms with Gasteiger partial charge in [-0.1, -0.05) is 0 Å². The lowest BCUT2D eigenvalue weighted by atomic mass is 10.7. The van der Waals surface area contributed by atoms with Crippen molar-refractivity contribution in [2.75, 3.05) is 6.54 Å². The van der Waals surface area contributed by atoms with Crippen LogP contribution in [0.4, 0.5) is 0 Å². The van der Waals surface area contributed by atoms with Crippen molar-refractivity contribution in [2.24, 2.45) is 10.9 Å². The highest BCUT2D eigenvalue weighted by molar-refractivity contribution is 5.85. The molecule has 0 aliphatic carbocycles. The van der Waals surface area contributed by atoms with Crippen molar-refractivity contribution in [3.63, 3.8) is 0 Å². The van der Waals surface area contributed by atoms with Crippen molar-refractivity contribution < 1.29 is 9.90 Å². The highest BCUT2D eigenvalue weighted by Crippen LogP contribution is 1.52. The van der Waals surface area contributed by atoms with Gasteiger partial charge in [-0.15, -0.1) is 12.4 Å². The second-order valence-corrected chi connectivity index (χ2v) is 1.17. The van der Waals surface area contributed by atoms with E-state index in [2.05, 4.69) is 21.8 Å². The molecule has 0 unspecified atom stereocenters. The standard InChI is InChI=1S/C3H8N4O2.ClH/c4-5-2-7-6-1-3(8)9;/h2,6H,1,4H2,(H,5,7)(H,8,9);1H.